The summed E-state index contributed by atoms with van der Waals surface area (Å²) in [5, 5.41) is 3.26. The second-order valence-corrected chi connectivity index (χ2v) is 9.06. The zero-order valence-electron chi connectivity index (χ0n) is 16.1. The first kappa shape index (κ1) is 21.9. The lowest BCUT2D eigenvalue weighted by Gasteiger charge is -2.30. The van der Waals surface area contributed by atoms with Gasteiger partial charge in [-0.2, -0.15) is 0 Å². The molecule has 0 aromatic heterocycles. The number of hydrogen-bond donors (Lipinski definition) is 1. The van der Waals surface area contributed by atoms with Crippen molar-refractivity contribution in [3.63, 3.8) is 0 Å². The summed E-state index contributed by atoms with van der Waals surface area (Å²) in [7, 11) is -3.66. The third kappa shape index (κ3) is 6.34. The number of hydrogen-bond acceptors (Lipinski definition) is 5. The van der Waals surface area contributed by atoms with E-state index in [0.29, 0.717) is 17.3 Å². The Morgan fingerprint density at radius 3 is 2.67 bits per heavy atom. The topological polar surface area (TPSA) is 79.0 Å². The van der Waals surface area contributed by atoms with Crippen LogP contribution in [0.3, 0.4) is 0 Å². The van der Waals surface area contributed by atoms with Gasteiger partial charge in [0, 0.05) is 24.7 Å². The molecule has 0 aliphatic carbocycles. The zero-order chi connectivity index (χ0) is 20.0. The van der Waals surface area contributed by atoms with Crippen LogP contribution >= 0.6 is 11.6 Å². The number of anilines is 1. The lowest BCUT2D eigenvalue weighted by molar-refractivity contribution is -0.121. The number of benzene rings is 1. The first-order valence-electron chi connectivity index (χ1n) is 9.03. The van der Waals surface area contributed by atoms with Crippen LogP contribution in [0.1, 0.15) is 18.9 Å². The van der Waals surface area contributed by atoms with Crippen LogP contribution in [0.2, 0.25) is 5.02 Å². The van der Waals surface area contributed by atoms with Gasteiger partial charge in [0.2, 0.25) is 15.9 Å². The molecule has 1 fully saturated rings. The lowest BCUT2D eigenvalue weighted by Crippen LogP contribution is -2.48. The van der Waals surface area contributed by atoms with Crippen LogP contribution in [0.15, 0.2) is 18.2 Å². The van der Waals surface area contributed by atoms with Crippen LogP contribution in [-0.2, 0) is 19.6 Å². The number of sulfonamides is 1. The molecule has 152 valence electrons. The van der Waals surface area contributed by atoms with Gasteiger partial charge in [0.25, 0.3) is 0 Å². The predicted molar refractivity (Wildman–Crippen MR) is 108 cm³/mol. The van der Waals surface area contributed by atoms with Crippen molar-refractivity contribution in [2.75, 3.05) is 50.0 Å². The molecule has 7 nitrogen and oxygen atoms in total. The fourth-order valence-corrected chi connectivity index (χ4v) is 4.48. The van der Waals surface area contributed by atoms with Crippen molar-refractivity contribution in [2.24, 2.45) is 0 Å². The van der Waals surface area contributed by atoms with Crippen molar-refractivity contribution in [1.29, 1.82) is 0 Å². The van der Waals surface area contributed by atoms with Crippen molar-refractivity contribution in [3.05, 3.63) is 28.8 Å². The van der Waals surface area contributed by atoms with E-state index in [1.54, 1.807) is 32.0 Å². The van der Waals surface area contributed by atoms with E-state index >= 15 is 0 Å². The van der Waals surface area contributed by atoms with Crippen LogP contribution in [0.5, 0.6) is 0 Å². The molecule has 9 heteroatoms. The van der Waals surface area contributed by atoms with Gasteiger partial charge in [-0.05, 0) is 44.5 Å². The molecule has 1 saturated heterocycles. The minimum absolute atomic E-state index is 0.332. The molecule has 1 aliphatic rings. The van der Waals surface area contributed by atoms with E-state index in [2.05, 4.69) is 10.2 Å². The summed E-state index contributed by atoms with van der Waals surface area (Å²) in [4.78, 5) is 14.9. The second-order valence-electron chi connectivity index (χ2n) is 6.76. The zero-order valence-corrected chi connectivity index (χ0v) is 17.6. The molecule has 1 atom stereocenters. The van der Waals surface area contributed by atoms with Gasteiger partial charge in [-0.15, -0.1) is 0 Å². The minimum Gasteiger partial charge on any atom is -0.379 e. The standard InChI is InChI=1S/C18H28ClN3O4S/c1-14-5-6-16(19)13-17(14)22(27(3,24)25)15(2)18(23)20-7-4-8-21-9-11-26-12-10-21/h5-6,13,15H,4,7-12H2,1-3H3,(H,20,23)/t15-/m1/s1. The van der Waals surface area contributed by atoms with E-state index in [-0.39, 0.29) is 5.91 Å². The average Bonchev–Trinajstić information content (AvgIpc) is 2.61. The highest BCUT2D eigenvalue weighted by atomic mass is 35.5. The van der Waals surface area contributed by atoms with Gasteiger partial charge in [0.05, 0.1) is 25.2 Å². The summed E-state index contributed by atoms with van der Waals surface area (Å²) in [6.45, 7) is 8.03. The molecule has 1 amide bonds. The number of nitrogens with zero attached hydrogens (tertiary/aromatic N) is 2. The second kappa shape index (κ2) is 9.73. The van der Waals surface area contributed by atoms with Crippen molar-refractivity contribution >= 4 is 33.2 Å². The van der Waals surface area contributed by atoms with E-state index in [1.807, 2.05) is 0 Å². The highest BCUT2D eigenvalue weighted by Gasteiger charge is 2.30. The molecule has 0 spiro atoms. The summed E-state index contributed by atoms with van der Waals surface area (Å²) >= 11 is 6.04. The maximum Gasteiger partial charge on any atom is 0.243 e. The molecule has 27 heavy (non-hydrogen) atoms. The SMILES string of the molecule is Cc1ccc(Cl)cc1N([C@H](C)C(=O)NCCCN1CCOCC1)S(C)(=O)=O. The number of aryl methyl sites for hydroxylation is 1. The number of halogens is 1. The fraction of sp³-hybridized carbons (Fsp3) is 0.611. The largest absolute Gasteiger partial charge is 0.379 e. The Morgan fingerprint density at radius 1 is 1.37 bits per heavy atom. The molecule has 1 aromatic rings. The fourth-order valence-electron chi connectivity index (χ4n) is 3.09. The van der Waals surface area contributed by atoms with E-state index in [0.717, 1.165) is 55.4 Å². The monoisotopic (exact) mass is 417 g/mol. The molecule has 0 unspecified atom stereocenters. The van der Waals surface area contributed by atoms with E-state index in [9.17, 15) is 13.2 Å². The maximum atomic E-state index is 12.6. The van der Waals surface area contributed by atoms with Gasteiger partial charge in [-0.1, -0.05) is 17.7 Å². The quantitative estimate of drug-likeness (QED) is 0.650. The first-order chi connectivity index (χ1) is 12.7. The molecule has 1 N–H and O–H groups in total. The van der Waals surface area contributed by atoms with Crippen LogP contribution in [0, 0.1) is 6.92 Å². The van der Waals surface area contributed by atoms with Crippen LogP contribution in [0.25, 0.3) is 0 Å². The third-order valence-corrected chi connectivity index (χ3v) is 6.01. The molecular weight excluding hydrogens is 390 g/mol. The van der Waals surface area contributed by atoms with Gasteiger partial charge in [0.15, 0.2) is 0 Å². The van der Waals surface area contributed by atoms with Gasteiger partial charge < -0.3 is 10.1 Å². The molecule has 0 radical (unpaired) electrons. The normalized spacial score (nSPS) is 16.7. The maximum absolute atomic E-state index is 12.6. The van der Waals surface area contributed by atoms with Crippen molar-refractivity contribution in [3.8, 4) is 0 Å². The Labute approximate surface area is 166 Å². The molecule has 2 rings (SSSR count). The van der Waals surface area contributed by atoms with Gasteiger partial charge in [0.1, 0.15) is 6.04 Å². The number of ether oxygens (including phenoxy) is 1. The summed E-state index contributed by atoms with van der Waals surface area (Å²) in [6.07, 6.45) is 1.89. The Kier molecular flexibility index (Phi) is 7.91. The van der Waals surface area contributed by atoms with E-state index < -0.39 is 16.1 Å². The number of carbonyl (C=O) groups is 1. The molecule has 1 heterocycles. The Balaban J connectivity index is 1.99. The molecular formula is C18H28ClN3O4S. The van der Waals surface area contributed by atoms with Gasteiger partial charge in [-0.25, -0.2) is 8.42 Å². The molecule has 1 aromatic carbocycles. The summed E-state index contributed by atoms with van der Waals surface area (Å²) in [5.74, 6) is -0.332. The highest BCUT2D eigenvalue weighted by molar-refractivity contribution is 7.92. The smallest absolute Gasteiger partial charge is 0.243 e. The average molecular weight is 418 g/mol. The van der Waals surface area contributed by atoms with Crippen LogP contribution < -0.4 is 9.62 Å². The lowest BCUT2D eigenvalue weighted by atomic mass is 10.1. The van der Waals surface area contributed by atoms with E-state index in [4.69, 9.17) is 16.3 Å². The Morgan fingerprint density at radius 2 is 2.04 bits per heavy atom. The number of nitrogens with one attached hydrogen (secondary N) is 1. The number of rotatable bonds is 8. The molecule has 0 saturated carbocycles. The van der Waals surface area contributed by atoms with Gasteiger partial charge in [-0.3, -0.25) is 14.0 Å². The summed E-state index contributed by atoms with van der Waals surface area (Å²) in [6, 6.07) is 4.13. The summed E-state index contributed by atoms with van der Waals surface area (Å²) < 4.78 is 31.2. The number of morpholine rings is 1. The predicted octanol–water partition coefficient (Wildman–Crippen LogP) is 1.64. The Bertz CT molecular complexity index is 751. The molecule has 0 bridgehead atoms. The summed E-state index contributed by atoms with van der Waals surface area (Å²) in [5.41, 5.74) is 1.15. The van der Waals surface area contributed by atoms with Gasteiger partial charge >= 0.3 is 0 Å². The number of carbonyl (C=O) groups excluding carboxylic acids is 1. The van der Waals surface area contributed by atoms with Crippen LogP contribution in [-0.4, -0.2) is 70.9 Å². The highest BCUT2D eigenvalue weighted by Crippen LogP contribution is 2.28. The number of amides is 1. The first-order valence-corrected chi connectivity index (χ1v) is 11.3. The Hall–Kier alpha value is -1.35. The van der Waals surface area contributed by atoms with Crippen LogP contribution in [0.4, 0.5) is 5.69 Å². The molecule has 1 aliphatic heterocycles. The third-order valence-electron chi connectivity index (χ3n) is 4.55. The van der Waals surface area contributed by atoms with E-state index in [1.165, 1.54) is 0 Å². The minimum atomic E-state index is -3.66. The van der Waals surface area contributed by atoms with Crippen molar-refractivity contribution < 1.29 is 17.9 Å². The van der Waals surface area contributed by atoms with Crippen molar-refractivity contribution in [2.45, 2.75) is 26.3 Å². The van der Waals surface area contributed by atoms with Crippen molar-refractivity contribution in [1.82, 2.24) is 10.2 Å².